The van der Waals surface area contributed by atoms with E-state index in [0.717, 1.165) is 5.69 Å². The summed E-state index contributed by atoms with van der Waals surface area (Å²) >= 11 is 3.73. The van der Waals surface area contributed by atoms with Gasteiger partial charge in [-0.3, -0.25) is 0 Å². The maximum Gasteiger partial charge on any atom is 0.0476 e. The highest BCUT2D eigenvalue weighted by atomic mass is 32.1. The van der Waals surface area contributed by atoms with E-state index in [-0.39, 0.29) is 0 Å². The molecule has 0 fully saturated rings. The lowest BCUT2D eigenvalue weighted by Crippen LogP contribution is -2.09. The van der Waals surface area contributed by atoms with E-state index in [1.165, 1.54) is 62.8 Å². The third-order valence-corrected chi connectivity index (χ3v) is 9.74. The number of thiophene rings is 2. The first-order valence-corrected chi connectivity index (χ1v) is 14.7. The monoisotopic (exact) mass is 533 g/mol. The molecule has 0 radical (unpaired) electrons. The molecule has 0 saturated carbocycles. The van der Waals surface area contributed by atoms with Gasteiger partial charge in [0.05, 0.1) is 0 Å². The summed E-state index contributed by atoms with van der Waals surface area (Å²) in [6.45, 7) is 0. The fourth-order valence-corrected chi connectivity index (χ4v) is 7.87. The molecular formula is C36H23NS2. The van der Waals surface area contributed by atoms with Crippen LogP contribution in [0.4, 0.5) is 17.1 Å². The highest BCUT2D eigenvalue weighted by molar-refractivity contribution is 7.26. The first kappa shape index (κ1) is 22.5. The molecule has 0 unspecified atom stereocenters. The number of hydrogen-bond acceptors (Lipinski definition) is 3. The molecule has 39 heavy (non-hydrogen) atoms. The van der Waals surface area contributed by atoms with E-state index in [0.29, 0.717) is 0 Å². The Hall–Kier alpha value is -4.44. The van der Waals surface area contributed by atoms with E-state index >= 15 is 0 Å². The van der Waals surface area contributed by atoms with Crippen molar-refractivity contribution in [3.05, 3.63) is 140 Å². The summed E-state index contributed by atoms with van der Waals surface area (Å²) in [5.41, 5.74) is 5.94. The Kier molecular flexibility index (Phi) is 5.25. The minimum absolute atomic E-state index is 1.15. The van der Waals surface area contributed by atoms with Gasteiger partial charge in [-0.2, -0.15) is 0 Å². The molecule has 0 amide bonds. The van der Waals surface area contributed by atoms with Crippen molar-refractivity contribution >= 4 is 80.1 Å². The number of rotatable bonds is 4. The summed E-state index contributed by atoms with van der Waals surface area (Å²) in [6.07, 6.45) is 0. The van der Waals surface area contributed by atoms with E-state index in [1.807, 2.05) is 22.7 Å². The first-order valence-electron chi connectivity index (χ1n) is 13.1. The van der Waals surface area contributed by atoms with Gasteiger partial charge in [-0.05, 0) is 59.7 Å². The van der Waals surface area contributed by atoms with Crippen molar-refractivity contribution in [1.82, 2.24) is 0 Å². The predicted octanol–water partition coefficient (Wildman–Crippen LogP) is 11.6. The number of anilines is 3. The smallest absolute Gasteiger partial charge is 0.0476 e. The normalized spacial score (nSPS) is 11.6. The SMILES string of the molecule is c1ccc(-c2ccc(N(c3ccc4c(c3)sc3ccccc34)c3ccc4c(c3)sc3ccccc34)cc2)cc1. The van der Waals surface area contributed by atoms with Crippen LogP contribution in [0.5, 0.6) is 0 Å². The van der Waals surface area contributed by atoms with Crippen LogP contribution in [0.3, 0.4) is 0 Å². The molecule has 0 aliphatic rings. The minimum atomic E-state index is 1.15. The molecule has 0 N–H and O–H groups in total. The molecular weight excluding hydrogens is 511 g/mol. The maximum atomic E-state index is 2.39. The van der Waals surface area contributed by atoms with Gasteiger partial charge in [0.1, 0.15) is 0 Å². The molecule has 0 bridgehead atoms. The van der Waals surface area contributed by atoms with E-state index in [2.05, 4.69) is 144 Å². The molecule has 184 valence electrons. The molecule has 6 aromatic carbocycles. The summed E-state index contributed by atoms with van der Waals surface area (Å²) in [5, 5.41) is 5.29. The van der Waals surface area contributed by atoms with Crippen molar-refractivity contribution in [3.8, 4) is 11.1 Å². The Morgan fingerprint density at radius 1 is 0.333 bits per heavy atom. The van der Waals surface area contributed by atoms with Gasteiger partial charge >= 0.3 is 0 Å². The van der Waals surface area contributed by atoms with Crippen LogP contribution < -0.4 is 4.90 Å². The second-order valence-corrected chi connectivity index (χ2v) is 12.0. The average molecular weight is 534 g/mol. The zero-order valence-corrected chi connectivity index (χ0v) is 22.7. The van der Waals surface area contributed by atoms with Gasteiger partial charge in [-0.15, -0.1) is 22.7 Å². The van der Waals surface area contributed by atoms with Crippen LogP contribution in [0, 0.1) is 0 Å². The number of benzene rings is 6. The average Bonchev–Trinajstić information content (AvgIpc) is 3.56. The van der Waals surface area contributed by atoms with Gasteiger partial charge in [0.2, 0.25) is 0 Å². The van der Waals surface area contributed by atoms with Gasteiger partial charge in [0.15, 0.2) is 0 Å². The molecule has 0 saturated heterocycles. The van der Waals surface area contributed by atoms with Crippen molar-refractivity contribution < 1.29 is 0 Å². The Labute approximate surface area is 234 Å². The molecule has 0 atom stereocenters. The molecule has 1 nitrogen and oxygen atoms in total. The molecule has 8 aromatic rings. The van der Waals surface area contributed by atoms with Crippen molar-refractivity contribution in [2.45, 2.75) is 0 Å². The third kappa shape index (κ3) is 3.82. The predicted molar refractivity (Wildman–Crippen MR) is 172 cm³/mol. The maximum absolute atomic E-state index is 2.39. The third-order valence-electron chi connectivity index (χ3n) is 7.47. The lowest BCUT2D eigenvalue weighted by atomic mass is 10.0. The summed E-state index contributed by atoms with van der Waals surface area (Å²) in [6, 6.07) is 50.7. The quantitative estimate of drug-likeness (QED) is 0.217. The Balaban J connectivity index is 1.31. The Bertz CT molecular complexity index is 2000. The highest BCUT2D eigenvalue weighted by Crippen LogP contribution is 2.43. The van der Waals surface area contributed by atoms with Gasteiger partial charge < -0.3 is 4.90 Å². The summed E-state index contributed by atoms with van der Waals surface area (Å²) in [5.74, 6) is 0. The van der Waals surface area contributed by atoms with E-state index < -0.39 is 0 Å². The van der Waals surface area contributed by atoms with Gasteiger partial charge in [0.25, 0.3) is 0 Å². The van der Waals surface area contributed by atoms with Crippen LogP contribution in [0.25, 0.3) is 51.5 Å². The van der Waals surface area contributed by atoms with Crippen LogP contribution in [-0.2, 0) is 0 Å². The zero-order valence-electron chi connectivity index (χ0n) is 21.0. The Morgan fingerprint density at radius 2 is 0.769 bits per heavy atom. The van der Waals surface area contributed by atoms with Gasteiger partial charge in [0, 0.05) is 57.4 Å². The summed E-state index contributed by atoms with van der Waals surface area (Å²) in [4.78, 5) is 2.39. The summed E-state index contributed by atoms with van der Waals surface area (Å²) in [7, 11) is 0. The van der Waals surface area contributed by atoms with Crippen LogP contribution in [-0.4, -0.2) is 0 Å². The topological polar surface area (TPSA) is 3.24 Å². The van der Waals surface area contributed by atoms with Crippen LogP contribution in [0.1, 0.15) is 0 Å². The lowest BCUT2D eigenvalue weighted by molar-refractivity contribution is 1.30. The van der Waals surface area contributed by atoms with Crippen molar-refractivity contribution in [2.75, 3.05) is 4.90 Å². The van der Waals surface area contributed by atoms with Crippen molar-refractivity contribution in [2.24, 2.45) is 0 Å². The fraction of sp³-hybridized carbons (Fsp3) is 0. The molecule has 0 aliphatic carbocycles. The molecule has 0 spiro atoms. The molecule has 3 heteroatoms. The number of nitrogens with zero attached hydrogens (tertiary/aromatic N) is 1. The second kappa shape index (κ2) is 9.09. The molecule has 0 aliphatic heterocycles. The highest BCUT2D eigenvalue weighted by Gasteiger charge is 2.16. The largest absolute Gasteiger partial charge is 0.310 e. The molecule has 2 heterocycles. The second-order valence-electron chi connectivity index (χ2n) is 9.81. The van der Waals surface area contributed by atoms with E-state index in [9.17, 15) is 0 Å². The minimum Gasteiger partial charge on any atom is -0.310 e. The van der Waals surface area contributed by atoms with Gasteiger partial charge in [-0.25, -0.2) is 0 Å². The lowest BCUT2D eigenvalue weighted by Gasteiger charge is -2.26. The first-order chi connectivity index (χ1) is 19.3. The number of hydrogen-bond donors (Lipinski definition) is 0. The Morgan fingerprint density at radius 3 is 1.33 bits per heavy atom. The van der Waals surface area contributed by atoms with Gasteiger partial charge in [-0.1, -0.05) is 91.0 Å². The van der Waals surface area contributed by atoms with Crippen molar-refractivity contribution in [1.29, 1.82) is 0 Å². The van der Waals surface area contributed by atoms with E-state index in [4.69, 9.17) is 0 Å². The summed E-state index contributed by atoms with van der Waals surface area (Å²) < 4.78 is 5.27. The molecule has 8 rings (SSSR count). The zero-order chi connectivity index (χ0) is 25.8. The fourth-order valence-electron chi connectivity index (χ4n) is 5.59. The van der Waals surface area contributed by atoms with Crippen LogP contribution >= 0.6 is 22.7 Å². The van der Waals surface area contributed by atoms with Crippen molar-refractivity contribution in [3.63, 3.8) is 0 Å². The van der Waals surface area contributed by atoms with Crippen LogP contribution in [0.15, 0.2) is 140 Å². The standard InChI is InChI=1S/C36H23NS2/c1-2-8-24(9-3-1)25-14-16-26(17-15-25)37(27-18-20-31-29-10-4-6-12-33(29)38-35(31)22-27)28-19-21-32-30-11-5-7-13-34(30)39-36(32)23-28/h1-23H. The molecule has 2 aromatic heterocycles. The number of fused-ring (bicyclic) bond motifs is 6. The van der Waals surface area contributed by atoms with E-state index in [1.54, 1.807) is 0 Å². The van der Waals surface area contributed by atoms with Crippen LogP contribution in [0.2, 0.25) is 0 Å².